The molecule has 0 radical (unpaired) electrons. The first-order valence-electron chi connectivity index (χ1n) is 3.92. The molecule has 13 heavy (non-hydrogen) atoms. The zero-order chi connectivity index (χ0) is 9.26. The lowest BCUT2D eigenvalue weighted by atomic mass is 10.2. The van der Waals surface area contributed by atoms with E-state index in [4.69, 9.17) is 9.15 Å². The third kappa shape index (κ3) is 1.40. The van der Waals surface area contributed by atoms with E-state index in [0.717, 1.165) is 11.0 Å². The third-order valence-electron chi connectivity index (χ3n) is 1.71. The molecule has 0 fully saturated rings. The molecular weight excluding hydrogens is 168 g/mol. The first kappa shape index (κ1) is 7.86. The Labute approximate surface area is 74.9 Å². The molecule has 0 saturated carbocycles. The zero-order valence-electron chi connectivity index (χ0n) is 7.11. The van der Waals surface area contributed by atoms with Gasteiger partial charge in [-0.25, -0.2) is 0 Å². The monoisotopic (exact) mass is 176 g/mol. The number of esters is 1. The van der Waals surface area contributed by atoms with E-state index in [-0.39, 0.29) is 5.97 Å². The number of rotatable bonds is 1. The highest BCUT2D eigenvalue weighted by Gasteiger charge is 2.05. The molecule has 0 aliphatic rings. The third-order valence-corrected chi connectivity index (χ3v) is 1.71. The van der Waals surface area contributed by atoms with E-state index in [9.17, 15) is 4.79 Å². The molecule has 2 aromatic rings. The van der Waals surface area contributed by atoms with Gasteiger partial charge >= 0.3 is 5.97 Å². The Kier molecular flexibility index (Phi) is 1.77. The van der Waals surface area contributed by atoms with Crippen LogP contribution in [0.25, 0.3) is 11.0 Å². The standard InChI is InChI=1S/C10H8O3/c1-7(11)13-10-4-2-3-9-8(10)5-6-12-9/h2-6H,1H3. The summed E-state index contributed by atoms with van der Waals surface area (Å²) >= 11 is 0. The predicted molar refractivity (Wildman–Crippen MR) is 47.5 cm³/mol. The summed E-state index contributed by atoms with van der Waals surface area (Å²) < 4.78 is 10.1. The van der Waals surface area contributed by atoms with Gasteiger partial charge in [-0.05, 0) is 18.2 Å². The lowest BCUT2D eigenvalue weighted by Crippen LogP contribution is -2.01. The topological polar surface area (TPSA) is 39.4 Å². The van der Waals surface area contributed by atoms with E-state index in [1.54, 1.807) is 24.5 Å². The molecule has 3 heteroatoms. The molecule has 1 aromatic carbocycles. The average Bonchev–Trinajstić information content (AvgIpc) is 2.51. The van der Waals surface area contributed by atoms with Gasteiger partial charge in [0.25, 0.3) is 0 Å². The first-order valence-corrected chi connectivity index (χ1v) is 3.92. The minimum absolute atomic E-state index is 0.325. The summed E-state index contributed by atoms with van der Waals surface area (Å²) in [5.74, 6) is 0.215. The highest BCUT2D eigenvalue weighted by molar-refractivity contribution is 5.86. The SMILES string of the molecule is CC(=O)Oc1cccc2occc12. The van der Waals surface area contributed by atoms with Gasteiger partial charge in [-0.1, -0.05) is 6.07 Å². The van der Waals surface area contributed by atoms with E-state index in [2.05, 4.69) is 0 Å². The maximum absolute atomic E-state index is 10.7. The van der Waals surface area contributed by atoms with Crippen LogP contribution in [0.3, 0.4) is 0 Å². The van der Waals surface area contributed by atoms with E-state index >= 15 is 0 Å². The Morgan fingerprint density at radius 2 is 2.23 bits per heavy atom. The van der Waals surface area contributed by atoms with Gasteiger partial charge in [-0.15, -0.1) is 0 Å². The smallest absolute Gasteiger partial charge is 0.308 e. The second-order valence-electron chi connectivity index (χ2n) is 2.68. The van der Waals surface area contributed by atoms with Crippen LogP contribution in [-0.2, 0) is 4.79 Å². The molecule has 0 amide bonds. The van der Waals surface area contributed by atoms with E-state index in [1.165, 1.54) is 6.92 Å². The van der Waals surface area contributed by atoms with Gasteiger partial charge in [0.1, 0.15) is 11.3 Å². The molecule has 0 saturated heterocycles. The summed E-state index contributed by atoms with van der Waals surface area (Å²) in [4.78, 5) is 10.7. The second kappa shape index (κ2) is 2.94. The van der Waals surface area contributed by atoms with Crippen LogP contribution in [0, 0.1) is 0 Å². The van der Waals surface area contributed by atoms with Crippen molar-refractivity contribution in [3.63, 3.8) is 0 Å². The molecule has 0 atom stereocenters. The summed E-state index contributed by atoms with van der Waals surface area (Å²) in [6, 6.07) is 7.11. The number of carbonyl (C=O) groups excluding carboxylic acids is 1. The summed E-state index contributed by atoms with van der Waals surface area (Å²) in [5.41, 5.74) is 0.721. The Balaban J connectivity index is 2.54. The average molecular weight is 176 g/mol. The lowest BCUT2D eigenvalue weighted by Gasteiger charge is -2.00. The van der Waals surface area contributed by atoms with Gasteiger partial charge < -0.3 is 9.15 Å². The number of carbonyl (C=O) groups is 1. The Morgan fingerprint density at radius 1 is 1.38 bits per heavy atom. The predicted octanol–water partition coefficient (Wildman–Crippen LogP) is 2.36. The van der Waals surface area contributed by atoms with E-state index < -0.39 is 0 Å². The van der Waals surface area contributed by atoms with Crippen LogP contribution < -0.4 is 4.74 Å². The quantitative estimate of drug-likeness (QED) is 0.494. The van der Waals surface area contributed by atoms with Crippen LogP contribution in [0.2, 0.25) is 0 Å². The van der Waals surface area contributed by atoms with Crippen LogP contribution in [-0.4, -0.2) is 5.97 Å². The fourth-order valence-electron chi connectivity index (χ4n) is 1.21. The molecule has 2 rings (SSSR count). The Bertz CT molecular complexity index is 442. The zero-order valence-corrected chi connectivity index (χ0v) is 7.11. The van der Waals surface area contributed by atoms with Crippen LogP contribution in [0.1, 0.15) is 6.92 Å². The van der Waals surface area contributed by atoms with Crippen molar-refractivity contribution in [3.05, 3.63) is 30.5 Å². The van der Waals surface area contributed by atoms with Gasteiger partial charge in [0, 0.05) is 6.92 Å². The molecule has 1 heterocycles. The summed E-state index contributed by atoms with van der Waals surface area (Å²) in [6.07, 6.45) is 1.57. The number of hydrogen-bond donors (Lipinski definition) is 0. The van der Waals surface area contributed by atoms with Gasteiger partial charge in [-0.2, -0.15) is 0 Å². The van der Waals surface area contributed by atoms with Crippen LogP contribution in [0.15, 0.2) is 34.9 Å². The molecule has 0 bridgehead atoms. The highest BCUT2D eigenvalue weighted by atomic mass is 16.5. The highest BCUT2D eigenvalue weighted by Crippen LogP contribution is 2.26. The molecular formula is C10H8O3. The van der Waals surface area contributed by atoms with E-state index in [0.29, 0.717) is 5.75 Å². The molecule has 0 spiro atoms. The summed E-state index contributed by atoms with van der Waals surface area (Å²) in [5, 5.41) is 0.817. The van der Waals surface area contributed by atoms with Crippen molar-refractivity contribution in [3.8, 4) is 5.75 Å². The molecule has 0 N–H and O–H groups in total. The normalized spacial score (nSPS) is 10.2. The van der Waals surface area contributed by atoms with Gasteiger partial charge in [0.15, 0.2) is 0 Å². The first-order chi connectivity index (χ1) is 6.27. The maximum Gasteiger partial charge on any atom is 0.308 e. The number of hydrogen-bond acceptors (Lipinski definition) is 3. The van der Waals surface area contributed by atoms with Gasteiger partial charge in [0.2, 0.25) is 0 Å². The Hall–Kier alpha value is -1.77. The van der Waals surface area contributed by atoms with Crippen molar-refractivity contribution in [1.82, 2.24) is 0 Å². The largest absolute Gasteiger partial charge is 0.464 e. The van der Waals surface area contributed by atoms with Crippen molar-refractivity contribution in [2.45, 2.75) is 6.92 Å². The number of benzene rings is 1. The number of furan rings is 1. The van der Waals surface area contributed by atoms with Crippen molar-refractivity contribution in [2.75, 3.05) is 0 Å². The van der Waals surface area contributed by atoms with Crippen molar-refractivity contribution >= 4 is 16.9 Å². The van der Waals surface area contributed by atoms with Crippen LogP contribution in [0.5, 0.6) is 5.75 Å². The van der Waals surface area contributed by atoms with Gasteiger partial charge in [-0.3, -0.25) is 4.79 Å². The van der Waals surface area contributed by atoms with Crippen molar-refractivity contribution in [1.29, 1.82) is 0 Å². The summed E-state index contributed by atoms with van der Waals surface area (Å²) in [6.45, 7) is 1.37. The molecule has 0 aliphatic carbocycles. The molecule has 66 valence electrons. The number of ether oxygens (including phenoxy) is 1. The second-order valence-corrected chi connectivity index (χ2v) is 2.68. The van der Waals surface area contributed by atoms with Crippen molar-refractivity contribution < 1.29 is 13.9 Å². The van der Waals surface area contributed by atoms with Crippen LogP contribution in [0.4, 0.5) is 0 Å². The Morgan fingerprint density at radius 3 is 3.00 bits per heavy atom. The van der Waals surface area contributed by atoms with Crippen molar-refractivity contribution in [2.24, 2.45) is 0 Å². The maximum atomic E-state index is 10.7. The van der Waals surface area contributed by atoms with Gasteiger partial charge in [0.05, 0.1) is 11.6 Å². The fourth-order valence-corrected chi connectivity index (χ4v) is 1.21. The van der Waals surface area contributed by atoms with Crippen LogP contribution >= 0.6 is 0 Å². The molecule has 0 unspecified atom stereocenters. The van der Waals surface area contributed by atoms with E-state index in [1.807, 2.05) is 6.07 Å². The minimum Gasteiger partial charge on any atom is -0.464 e. The fraction of sp³-hybridized carbons (Fsp3) is 0.100. The molecule has 1 aromatic heterocycles. The lowest BCUT2D eigenvalue weighted by molar-refractivity contribution is -0.131. The minimum atomic E-state index is -0.325. The summed E-state index contributed by atoms with van der Waals surface area (Å²) in [7, 11) is 0. The molecule has 0 aliphatic heterocycles. The number of fused-ring (bicyclic) bond motifs is 1. The molecule has 3 nitrogen and oxygen atoms in total.